The summed E-state index contributed by atoms with van der Waals surface area (Å²) >= 11 is 18.9. The van der Waals surface area contributed by atoms with E-state index in [0.29, 0.717) is 5.16 Å². The monoisotopic (exact) mass is 312 g/mol. The van der Waals surface area contributed by atoms with Crippen molar-refractivity contribution >= 4 is 47.3 Å². The molecule has 0 aromatic heterocycles. The second kappa shape index (κ2) is 5.62. The molecule has 0 fully saturated rings. The van der Waals surface area contributed by atoms with E-state index < -0.39 is 14.1 Å². The third-order valence-corrected chi connectivity index (χ3v) is 15.8. The highest BCUT2D eigenvalue weighted by molar-refractivity contribution is 7.67. The van der Waals surface area contributed by atoms with Crippen molar-refractivity contribution in [3.63, 3.8) is 0 Å². The summed E-state index contributed by atoms with van der Waals surface area (Å²) in [4.78, 5) is 0. The fourth-order valence-electron chi connectivity index (χ4n) is 2.36. The minimum atomic E-state index is -2.61. The average molecular weight is 314 g/mol. The maximum atomic E-state index is 6.29. The van der Waals surface area contributed by atoms with Crippen LogP contribution in [0.5, 0.6) is 0 Å². The molecular weight excluding hydrogens is 295 g/mol. The summed E-state index contributed by atoms with van der Waals surface area (Å²) in [5.41, 5.74) is 0. The van der Waals surface area contributed by atoms with E-state index in [4.69, 9.17) is 33.2 Å². The smallest absolute Gasteiger partial charge is 0.126 e. The van der Waals surface area contributed by atoms with E-state index in [2.05, 4.69) is 38.2 Å². The van der Waals surface area contributed by atoms with Crippen LogP contribution in [0.4, 0.5) is 0 Å². The first-order valence-electron chi connectivity index (χ1n) is 5.74. The van der Waals surface area contributed by atoms with Crippen molar-refractivity contribution < 1.29 is 0 Å². The van der Waals surface area contributed by atoms with Gasteiger partial charge in [-0.2, -0.15) is 0 Å². The fourth-order valence-corrected chi connectivity index (χ4v) is 17.7. The molecule has 0 nitrogen and oxygen atoms in total. The Kier molecular flexibility index (Phi) is 5.21. The molecule has 0 saturated heterocycles. The Morgan fingerprint density at radius 2 is 1.94 bits per heavy atom. The molecule has 0 saturated carbocycles. The molecule has 0 spiro atoms. The topological polar surface area (TPSA) is 0 Å². The zero-order chi connectivity index (χ0) is 12.4. The van der Waals surface area contributed by atoms with Gasteiger partial charge in [-0.3, -0.25) is 0 Å². The molecule has 92 valence electrons. The van der Waals surface area contributed by atoms with Gasteiger partial charge in [-0.05, 0) is 11.6 Å². The standard InChI is InChI=1S/C11H19Cl3Si2/c1-4-7-11(16(12,13)14)15(2,3)10-8-5-6-9-10/h5,8-9,11H,4,6-7H2,1-3H3. The van der Waals surface area contributed by atoms with Gasteiger partial charge in [-0.1, -0.05) is 56.3 Å². The summed E-state index contributed by atoms with van der Waals surface area (Å²) in [5.74, 6) is 0. The Labute approximate surface area is 115 Å². The lowest BCUT2D eigenvalue weighted by Crippen LogP contribution is -2.43. The molecule has 0 aliphatic heterocycles. The number of rotatable bonds is 5. The molecule has 1 unspecified atom stereocenters. The van der Waals surface area contributed by atoms with Gasteiger partial charge >= 0.3 is 6.00 Å². The molecule has 1 rings (SSSR count). The Hall–Kier alpha value is 0.784. The van der Waals surface area contributed by atoms with Gasteiger partial charge in [0.25, 0.3) is 0 Å². The maximum Gasteiger partial charge on any atom is 0.342 e. The predicted molar refractivity (Wildman–Crippen MR) is 81.3 cm³/mol. The molecule has 16 heavy (non-hydrogen) atoms. The van der Waals surface area contributed by atoms with Crippen molar-refractivity contribution in [1.82, 2.24) is 0 Å². The lowest BCUT2D eigenvalue weighted by atomic mass is 10.4. The van der Waals surface area contributed by atoms with Gasteiger partial charge < -0.3 is 0 Å². The minimum absolute atomic E-state index is 0.323. The summed E-state index contributed by atoms with van der Waals surface area (Å²) in [7, 11) is -1.62. The third-order valence-electron chi connectivity index (χ3n) is 3.36. The number of hydrogen-bond acceptors (Lipinski definition) is 0. The summed E-state index contributed by atoms with van der Waals surface area (Å²) in [5, 5.41) is 1.79. The van der Waals surface area contributed by atoms with Crippen molar-refractivity contribution in [3.8, 4) is 0 Å². The molecular formula is C11H19Cl3Si2. The molecule has 0 N–H and O–H groups in total. The second-order valence-electron chi connectivity index (χ2n) is 4.90. The average Bonchev–Trinajstić information content (AvgIpc) is 2.64. The van der Waals surface area contributed by atoms with Crippen LogP contribution in [0.3, 0.4) is 0 Å². The highest BCUT2D eigenvalue weighted by atomic mass is 35.8. The normalized spacial score (nSPS) is 18.8. The summed E-state index contributed by atoms with van der Waals surface area (Å²) in [6.07, 6.45) is 9.94. The van der Waals surface area contributed by atoms with Gasteiger partial charge in [0.05, 0.1) is 8.07 Å². The van der Waals surface area contributed by atoms with E-state index in [1.54, 1.807) is 0 Å². The summed E-state index contributed by atoms with van der Waals surface area (Å²) in [6, 6.07) is -2.61. The van der Waals surface area contributed by atoms with Crippen LogP contribution in [0.25, 0.3) is 0 Å². The lowest BCUT2D eigenvalue weighted by molar-refractivity contribution is 0.829. The zero-order valence-electron chi connectivity index (χ0n) is 10.1. The van der Waals surface area contributed by atoms with Crippen LogP contribution in [0, 0.1) is 0 Å². The molecule has 0 heterocycles. The first kappa shape index (κ1) is 14.8. The fraction of sp³-hybridized carbons (Fsp3) is 0.636. The van der Waals surface area contributed by atoms with Crippen molar-refractivity contribution in [2.45, 2.75) is 44.4 Å². The largest absolute Gasteiger partial charge is 0.342 e. The first-order chi connectivity index (χ1) is 7.30. The Balaban J connectivity index is 2.96. The molecule has 0 aromatic carbocycles. The number of allylic oxidation sites excluding steroid dienone is 4. The van der Waals surface area contributed by atoms with Crippen LogP contribution >= 0.6 is 33.2 Å². The molecule has 0 radical (unpaired) electrons. The Morgan fingerprint density at radius 3 is 2.31 bits per heavy atom. The van der Waals surface area contributed by atoms with Crippen molar-refractivity contribution in [2.24, 2.45) is 0 Å². The first-order valence-corrected chi connectivity index (χ1v) is 13.9. The van der Waals surface area contributed by atoms with Crippen LogP contribution in [-0.4, -0.2) is 14.1 Å². The Morgan fingerprint density at radius 1 is 1.31 bits per heavy atom. The summed E-state index contributed by atoms with van der Waals surface area (Å²) in [6.45, 7) is 6.84. The SMILES string of the molecule is CCCC([Si](Cl)(Cl)Cl)[Si](C)(C)C1=CCC=C1. The van der Waals surface area contributed by atoms with E-state index in [-0.39, 0.29) is 0 Å². The second-order valence-corrected chi connectivity index (χ2v) is 19.1. The quantitative estimate of drug-likeness (QED) is 0.465. The Bertz CT molecular complexity index is 303. The molecule has 5 heteroatoms. The van der Waals surface area contributed by atoms with E-state index in [1.165, 1.54) is 5.20 Å². The zero-order valence-corrected chi connectivity index (χ0v) is 14.3. The van der Waals surface area contributed by atoms with Crippen molar-refractivity contribution in [3.05, 3.63) is 23.4 Å². The molecule has 0 aromatic rings. The molecule has 0 amide bonds. The molecule has 1 aliphatic rings. The van der Waals surface area contributed by atoms with Crippen LogP contribution in [0.15, 0.2) is 23.4 Å². The lowest BCUT2D eigenvalue weighted by Gasteiger charge is -2.36. The highest BCUT2D eigenvalue weighted by Gasteiger charge is 2.48. The van der Waals surface area contributed by atoms with Crippen LogP contribution < -0.4 is 0 Å². The minimum Gasteiger partial charge on any atom is -0.126 e. The summed E-state index contributed by atoms with van der Waals surface area (Å²) < 4.78 is 0. The van der Waals surface area contributed by atoms with Gasteiger partial charge in [0, 0.05) is 0 Å². The van der Waals surface area contributed by atoms with Crippen LogP contribution in [-0.2, 0) is 0 Å². The third kappa shape index (κ3) is 3.39. The van der Waals surface area contributed by atoms with Gasteiger partial charge in [0.15, 0.2) is 0 Å². The molecule has 1 atom stereocenters. The van der Waals surface area contributed by atoms with Gasteiger partial charge in [-0.15, -0.1) is 33.2 Å². The highest BCUT2D eigenvalue weighted by Crippen LogP contribution is 2.46. The predicted octanol–water partition coefficient (Wildman–Crippen LogP) is 5.49. The van der Waals surface area contributed by atoms with Gasteiger partial charge in [0.2, 0.25) is 0 Å². The molecule has 1 aliphatic carbocycles. The van der Waals surface area contributed by atoms with E-state index in [9.17, 15) is 0 Å². The van der Waals surface area contributed by atoms with E-state index >= 15 is 0 Å². The number of hydrogen-bond donors (Lipinski definition) is 0. The van der Waals surface area contributed by atoms with Crippen LogP contribution in [0.1, 0.15) is 26.2 Å². The molecule has 0 bridgehead atoms. The van der Waals surface area contributed by atoms with Crippen molar-refractivity contribution in [2.75, 3.05) is 0 Å². The van der Waals surface area contributed by atoms with Crippen molar-refractivity contribution in [1.29, 1.82) is 0 Å². The van der Waals surface area contributed by atoms with E-state index in [0.717, 1.165) is 19.3 Å². The van der Waals surface area contributed by atoms with E-state index in [1.807, 2.05) is 0 Å². The van der Waals surface area contributed by atoms with Gasteiger partial charge in [0.1, 0.15) is 0 Å². The van der Waals surface area contributed by atoms with Gasteiger partial charge in [-0.25, -0.2) is 0 Å². The number of halogens is 3. The maximum absolute atomic E-state index is 6.29. The van der Waals surface area contributed by atoms with Crippen LogP contribution in [0.2, 0.25) is 18.3 Å².